The largest absolute Gasteiger partial charge is 0.386 e. The molecule has 0 saturated heterocycles. The predicted octanol–water partition coefficient (Wildman–Crippen LogP) is 4.24. The SMILES string of the molecule is CCc1ccc([C@H](C)NC(=O)CO/N=C\c2ccccc2Br)cc1. The molecule has 0 spiro atoms. The van der Waals surface area contributed by atoms with Crippen molar-refractivity contribution >= 4 is 28.1 Å². The summed E-state index contributed by atoms with van der Waals surface area (Å²) in [4.78, 5) is 17.0. The zero-order chi connectivity index (χ0) is 17.4. The lowest BCUT2D eigenvalue weighted by molar-refractivity contribution is -0.126. The first-order valence-corrected chi connectivity index (χ1v) is 8.67. The summed E-state index contributed by atoms with van der Waals surface area (Å²) in [7, 11) is 0. The second-order valence-corrected chi connectivity index (χ2v) is 6.27. The lowest BCUT2D eigenvalue weighted by Crippen LogP contribution is -2.29. The molecule has 0 aromatic heterocycles. The molecule has 0 aliphatic rings. The lowest BCUT2D eigenvalue weighted by atomic mass is 10.1. The molecule has 2 rings (SSSR count). The molecule has 1 atom stereocenters. The maximum atomic E-state index is 11.9. The fourth-order valence-corrected chi connectivity index (χ4v) is 2.57. The molecule has 1 amide bonds. The van der Waals surface area contributed by atoms with Crippen LogP contribution < -0.4 is 5.32 Å². The van der Waals surface area contributed by atoms with E-state index >= 15 is 0 Å². The van der Waals surface area contributed by atoms with Crippen molar-refractivity contribution in [3.05, 3.63) is 69.7 Å². The van der Waals surface area contributed by atoms with Crippen LogP contribution in [0, 0.1) is 0 Å². The Labute approximate surface area is 151 Å². The first kappa shape index (κ1) is 18.2. The molecule has 1 N–H and O–H groups in total. The summed E-state index contributed by atoms with van der Waals surface area (Å²) in [5.41, 5.74) is 3.24. The van der Waals surface area contributed by atoms with Crippen molar-refractivity contribution < 1.29 is 9.63 Å². The van der Waals surface area contributed by atoms with Gasteiger partial charge in [-0.1, -0.05) is 70.5 Å². The zero-order valence-corrected chi connectivity index (χ0v) is 15.4. The number of carbonyl (C=O) groups is 1. The van der Waals surface area contributed by atoms with Crippen molar-refractivity contribution in [2.45, 2.75) is 26.3 Å². The Morgan fingerprint density at radius 1 is 1.25 bits per heavy atom. The summed E-state index contributed by atoms with van der Waals surface area (Å²) >= 11 is 3.42. The van der Waals surface area contributed by atoms with Gasteiger partial charge in [0.25, 0.3) is 5.91 Å². The van der Waals surface area contributed by atoms with E-state index in [0.29, 0.717) is 0 Å². The molecular weight excluding hydrogens is 368 g/mol. The highest BCUT2D eigenvalue weighted by atomic mass is 79.9. The molecule has 4 nitrogen and oxygen atoms in total. The summed E-state index contributed by atoms with van der Waals surface area (Å²) in [6.07, 6.45) is 2.58. The molecule has 5 heteroatoms. The number of carbonyl (C=O) groups excluding carboxylic acids is 1. The molecule has 2 aromatic carbocycles. The van der Waals surface area contributed by atoms with Crippen molar-refractivity contribution in [2.24, 2.45) is 5.16 Å². The van der Waals surface area contributed by atoms with Crippen LogP contribution in [0.5, 0.6) is 0 Å². The second kappa shape index (κ2) is 9.23. The van der Waals surface area contributed by atoms with Crippen LogP contribution in [0.25, 0.3) is 0 Å². The van der Waals surface area contributed by atoms with E-state index in [0.717, 1.165) is 22.0 Å². The maximum Gasteiger partial charge on any atom is 0.261 e. The number of amides is 1. The number of oxime groups is 1. The first-order valence-electron chi connectivity index (χ1n) is 7.88. The van der Waals surface area contributed by atoms with Crippen LogP contribution in [0.15, 0.2) is 58.2 Å². The molecule has 0 unspecified atom stereocenters. The molecule has 0 heterocycles. The van der Waals surface area contributed by atoms with Gasteiger partial charge < -0.3 is 10.2 Å². The topological polar surface area (TPSA) is 50.7 Å². The third-order valence-corrected chi connectivity index (χ3v) is 4.35. The number of hydrogen-bond donors (Lipinski definition) is 1. The molecule has 0 aliphatic carbocycles. The molecule has 0 bridgehead atoms. The van der Waals surface area contributed by atoms with Crippen LogP contribution in [0.2, 0.25) is 0 Å². The van der Waals surface area contributed by atoms with E-state index < -0.39 is 0 Å². The third-order valence-electron chi connectivity index (χ3n) is 3.63. The van der Waals surface area contributed by atoms with E-state index in [2.05, 4.69) is 45.5 Å². The van der Waals surface area contributed by atoms with Gasteiger partial charge in [-0.05, 0) is 30.5 Å². The lowest BCUT2D eigenvalue weighted by Gasteiger charge is -2.14. The van der Waals surface area contributed by atoms with Crippen LogP contribution in [0.1, 0.15) is 36.6 Å². The van der Waals surface area contributed by atoms with Gasteiger partial charge in [-0.2, -0.15) is 0 Å². The van der Waals surface area contributed by atoms with Crippen LogP contribution in [0.4, 0.5) is 0 Å². The molecule has 0 aliphatic heterocycles. The average Bonchev–Trinajstić information content (AvgIpc) is 2.60. The number of halogens is 1. The van der Waals surface area contributed by atoms with Gasteiger partial charge in [0.1, 0.15) is 0 Å². The van der Waals surface area contributed by atoms with Gasteiger partial charge in [0, 0.05) is 10.0 Å². The predicted molar refractivity (Wildman–Crippen MR) is 100 cm³/mol. The van der Waals surface area contributed by atoms with Gasteiger partial charge >= 0.3 is 0 Å². The number of hydrogen-bond acceptors (Lipinski definition) is 3. The molecule has 126 valence electrons. The van der Waals surface area contributed by atoms with Crippen molar-refractivity contribution in [1.82, 2.24) is 5.32 Å². The first-order chi connectivity index (χ1) is 11.6. The maximum absolute atomic E-state index is 11.9. The van der Waals surface area contributed by atoms with Gasteiger partial charge in [0.2, 0.25) is 0 Å². The van der Waals surface area contributed by atoms with Crippen molar-refractivity contribution in [2.75, 3.05) is 6.61 Å². The van der Waals surface area contributed by atoms with Crippen molar-refractivity contribution in [3.8, 4) is 0 Å². The van der Waals surface area contributed by atoms with E-state index in [-0.39, 0.29) is 18.6 Å². The van der Waals surface area contributed by atoms with Crippen molar-refractivity contribution in [3.63, 3.8) is 0 Å². The Hall–Kier alpha value is -2.14. The van der Waals surface area contributed by atoms with Gasteiger partial charge in [-0.15, -0.1) is 0 Å². The van der Waals surface area contributed by atoms with Crippen molar-refractivity contribution in [1.29, 1.82) is 0 Å². The highest BCUT2D eigenvalue weighted by Crippen LogP contribution is 2.14. The van der Waals surface area contributed by atoms with E-state index in [1.807, 2.05) is 43.3 Å². The monoisotopic (exact) mass is 388 g/mol. The van der Waals surface area contributed by atoms with E-state index in [1.165, 1.54) is 5.56 Å². The molecule has 0 saturated carbocycles. The minimum atomic E-state index is -0.202. The van der Waals surface area contributed by atoms with Gasteiger partial charge in [0.05, 0.1) is 12.3 Å². The fraction of sp³-hybridized carbons (Fsp3) is 0.263. The Morgan fingerprint density at radius 2 is 1.96 bits per heavy atom. The number of benzene rings is 2. The average molecular weight is 389 g/mol. The Kier molecular flexibility index (Phi) is 7.00. The van der Waals surface area contributed by atoms with E-state index in [1.54, 1.807) is 6.21 Å². The summed E-state index contributed by atoms with van der Waals surface area (Å²) in [6.45, 7) is 3.95. The number of nitrogens with zero attached hydrogens (tertiary/aromatic N) is 1. The van der Waals surface area contributed by atoms with Crippen LogP contribution in [-0.4, -0.2) is 18.7 Å². The van der Waals surface area contributed by atoms with E-state index in [4.69, 9.17) is 4.84 Å². The Balaban J connectivity index is 1.79. The fourth-order valence-electron chi connectivity index (χ4n) is 2.18. The minimum absolute atomic E-state index is 0.0701. The van der Waals surface area contributed by atoms with Gasteiger partial charge in [-0.25, -0.2) is 0 Å². The zero-order valence-electron chi connectivity index (χ0n) is 13.8. The summed E-state index contributed by atoms with van der Waals surface area (Å²) < 4.78 is 0.922. The Bertz CT molecular complexity index is 699. The molecule has 0 fully saturated rings. The van der Waals surface area contributed by atoms with Gasteiger partial charge in [-0.3, -0.25) is 4.79 Å². The van der Waals surface area contributed by atoms with Gasteiger partial charge in [0.15, 0.2) is 6.61 Å². The molecule has 0 radical (unpaired) electrons. The Morgan fingerprint density at radius 3 is 2.62 bits per heavy atom. The standard InChI is InChI=1S/C19H21BrN2O2/c1-3-15-8-10-16(11-9-15)14(2)22-19(23)13-24-21-12-17-6-4-5-7-18(17)20/h4-12,14H,3,13H2,1-2H3,(H,22,23)/b21-12-/t14-/m0/s1. The third kappa shape index (κ3) is 5.49. The number of aryl methyl sites for hydroxylation is 1. The number of nitrogens with one attached hydrogen (secondary N) is 1. The normalized spacial score (nSPS) is 12.1. The molecule has 2 aromatic rings. The summed E-state index contributed by atoms with van der Waals surface area (Å²) in [5.74, 6) is -0.202. The molecular formula is C19H21BrN2O2. The minimum Gasteiger partial charge on any atom is -0.386 e. The summed E-state index contributed by atoms with van der Waals surface area (Å²) in [5, 5.41) is 6.73. The van der Waals surface area contributed by atoms with E-state index in [9.17, 15) is 4.79 Å². The quantitative estimate of drug-likeness (QED) is 0.569. The van der Waals surface area contributed by atoms with Crippen LogP contribution in [-0.2, 0) is 16.1 Å². The number of rotatable bonds is 7. The second-order valence-electron chi connectivity index (χ2n) is 5.41. The highest BCUT2D eigenvalue weighted by Gasteiger charge is 2.09. The summed E-state index contributed by atoms with van der Waals surface area (Å²) in [6, 6.07) is 15.8. The molecule has 24 heavy (non-hydrogen) atoms. The van der Waals surface area contributed by atoms with Crippen LogP contribution >= 0.6 is 15.9 Å². The highest BCUT2D eigenvalue weighted by molar-refractivity contribution is 9.10. The smallest absolute Gasteiger partial charge is 0.261 e. The van der Waals surface area contributed by atoms with Crippen LogP contribution in [0.3, 0.4) is 0 Å².